The molecule has 4 N–H and O–H groups in total. The van der Waals surface area contributed by atoms with Gasteiger partial charge in [-0.25, -0.2) is 4.18 Å². The molecule has 0 aliphatic carbocycles. The Morgan fingerprint density at radius 3 is 1.38 bits per heavy atom. The summed E-state index contributed by atoms with van der Waals surface area (Å²) in [5.41, 5.74) is 0. The van der Waals surface area contributed by atoms with E-state index in [1.54, 1.807) is 0 Å². The zero-order chi connectivity index (χ0) is 52.4. The Hall–Kier alpha value is -1.94. The molecule has 0 spiro atoms. The topological polar surface area (TPSA) is 178 Å². The van der Waals surface area contributed by atoms with Crippen LogP contribution < -0.4 is 0 Å². The maximum absolute atomic E-state index is 12.9. The molecule has 6 atom stereocenters. The Kier molecular flexibility index (Phi) is 47.2. The van der Waals surface area contributed by atoms with Gasteiger partial charge in [0.25, 0.3) is 0 Å². The Morgan fingerprint density at radius 1 is 0.528 bits per heavy atom. The SMILES string of the molecule is CCCCC/C=C\C/C=C\C/C=C\CCCCCCCCC(=O)OC(COCCCCCCCCCCCCCCCC/C=C\CCCCCCCCCC)COC1OC(CO)C(O)C(OS(=O)(=O)O)C1O. The Labute approximate surface area is 440 Å². The van der Waals surface area contributed by atoms with Crippen LogP contribution in [0.4, 0.5) is 0 Å². The number of esters is 1. The third-order valence-corrected chi connectivity index (χ3v) is 13.9. The molecule has 1 aliphatic heterocycles. The van der Waals surface area contributed by atoms with Crippen LogP contribution in [-0.4, -0.2) is 97.5 Å². The zero-order valence-corrected chi connectivity index (χ0v) is 46.6. The van der Waals surface area contributed by atoms with Gasteiger partial charge in [0.2, 0.25) is 0 Å². The van der Waals surface area contributed by atoms with E-state index in [1.807, 2.05) is 0 Å². The summed E-state index contributed by atoms with van der Waals surface area (Å²) in [7, 11) is -5.07. The van der Waals surface area contributed by atoms with E-state index in [0.29, 0.717) is 13.0 Å². The van der Waals surface area contributed by atoms with Crippen molar-refractivity contribution in [1.82, 2.24) is 0 Å². The smallest absolute Gasteiger partial charge is 0.397 e. The highest BCUT2D eigenvalue weighted by molar-refractivity contribution is 7.80. The quantitative estimate of drug-likeness (QED) is 0.0196. The van der Waals surface area contributed by atoms with Crippen LogP contribution in [0.3, 0.4) is 0 Å². The molecule has 72 heavy (non-hydrogen) atoms. The van der Waals surface area contributed by atoms with Crippen molar-refractivity contribution in [2.75, 3.05) is 26.4 Å². The molecular formula is C59H108O12S. The van der Waals surface area contributed by atoms with E-state index in [2.05, 4.69) is 66.6 Å². The molecule has 0 radical (unpaired) electrons. The molecule has 0 amide bonds. The monoisotopic (exact) mass is 1040 g/mol. The zero-order valence-electron chi connectivity index (χ0n) is 45.7. The molecular weight excluding hydrogens is 933 g/mol. The van der Waals surface area contributed by atoms with E-state index < -0.39 is 59.8 Å². The number of hydrogen-bond acceptors (Lipinski definition) is 11. The number of carbonyl (C=O) groups is 1. The van der Waals surface area contributed by atoms with Gasteiger partial charge in [-0.3, -0.25) is 9.35 Å². The van der Waals surface area contributed by atoms with Crippen LogP contribution in [0.15, 0.2) is 48.6 Å². The summed E-state index contributed by atoms with van der Waals surface area (Å²) in [6.07, 6.45) is 54.4. The number of hydrogen-bond donors (Lipinski definition) is 4. The Morgan fingerprint density at radius 2 is 0.917 bits per heavy atom. The number of aliphatic hydroxyl groups is 3. The first-order chi connectivity index (χ1) is 35.1. The first-order valence-corrected chi connectivity index (χ1v) is 30.8. The lowest BCUT2D eigenvalue weighted by Gasteiger charge is -2.41. The predicted octanol–water partition coefficient (Wildman–Crippen LogP) is 14.6. The minimum absolute atomic E-state index is 0.0314. The molecule has 422 valence electrons. The van der Waals surface area contributed by atoms with Gasteiger partial charge in [-0.2, -0.15) is 8.42 Å². The molecule has 1 saturated heterocycles. The molecule has 1 fully saturated rings. The van der Waals surface area contributed by atoms with Crippen LogP contribution in [0.5, 0.6) is 0 Å². The largest absolute Gasteiger partial charge is 0.457 e. The lowest BCUT2D eigenvalue weighted by molar-refractivity contribution is -0.301. The number of unbranched alkanes of at least 4 members (excludes halogenated alkanes) is 31. The lowest BCUT2D eigenvalue weighted by atomic mass is 9.99. The van der Waals surface area contributed by atoms with Gasteiger partial charge in [-0.1, -0.05) is 223 Å². The summed E-state index contributed by atoms with van der Waals surface area (Å²) in [6.45, 7) is 3.99. The highest BCUT2D eigenvalue weighted by atomic mass is 32.3. The van der Waals surface area contributed by atoms with E-state index >= 15 is 0 Å². The van der Waals surface area contributed by atoms with Crippen LogP contribution in [0.2, 0.25) is 0 Å². The molecule has 1 heterocycles. The second kappa shape index (κ2) is 49.9. The van der Waals surface area contributed by atoms with Crippen molar-refractivity contribution >= 4 is 16.4 Å². The molecule has 0 saturated carbocycles. The summed E-state index contributed by atoms with van der Waals surface area (Å²) in [6, 6.07) is 0. The normalized spacial score (nSPS) is 19.2. The van der Waals surface area contributed by atoms with Crippen LogP contribution >= 0.6 is 0 Å². The predicted molar refractivity (Wildman–Crippen MR) is 294 cm³/mol. The number of allylic oxidation sites excluding steroid dienone is 8. The Balaban J connectivity index is 2.28. The van der Waals surface area contributed by atoms with Crippen molar-refractivity contribution in [3.05, 3.63) is 48.6 Å². The number of aliphatic hydroxyl groups excluding tert-OH is 3. The lowest BCUT2D eigenvalue weighted by Crippen LogP contribution is -2.60. The summed E-state index contributed by atoms with van der Waals surface area (Å²) < 4.78 is 59.4. The van der Waals surface area contributed by atoms with Gasteiger partial charge in [-0.15, -0.1) is 0 Å². The average Bonchev–Trinajstić information content (AvgIpc) is 3.36. The van der Waals surface area contributed by atoms with Crippen molar-refractivity contribution in [2.24, 2.45) is 0 Å². The molecule has 1 aliphatic rings. The van der Waals surface area contributed by atoms with Crippen molar-refractivity contribution in [2.45, 2.75) is 295 Å². The van der Waals surface area contributed by atoms with E-state index in [4.69, 9.17) is 18.9 Å². The number of carbonyl (C=O) groups excluding carboxylic acids is 1. The van der Waals surface area contributed by atoms with Gasteiger partial charge in [-0.05, 0) is 77.0 Å². The molecule has 0 aromatic heterocycles. The van der Waals surface area contributed by atoms with E-state index in [9.17, 15) is 33.1 Å². The van der Waals surface area contributed by atoms with Gasteiger partial charge >= 0.3 is 16.4 Å². The first-order valence-electron chi connectivity index (χ1n) is 29.4. The standard InChI is InChI=1S/C59H108O12S/c1-3-5-7-9-11-13-15-17-19-21-23-24-25-26-27-28-29-31-33-35-37-39-41-43-45-47-49-67-51-53(52-68-59-57(63)58(71-72(64,65)66)56(62)54(50-60)70-59)69-55(61)48-46-44-42-40-38-36-34-32-30-22-20-18-16-14-12-10-8-6-4-2/h12,14,18,20-21,23,30,32,53-54,56-60,62-63H,3-11,13,15-17,19,22,24-29,31,33-52H2,1-2H3,(H,64,65,66)/b14-12-,20-18-,23-21-,32-30-. The summed E-state index contributed by atoms with van der Waals surface area (Å²) in [5, 5.41) is 30.8. The van der Waals surface area contributed by atoms with Crippen LogP contribution in [0.1, 0.15) is 258 Å². The summed E-state index contributed by atoms with van der Waals surface area (Å²) in [4.78, 5) is 12.9. The number of rotatable bonds is 52. The molecule has 0 aromatic rings. The number of ether oxygens (including phenoxy) is 4. The minimum atomic E-state index is -5.07. The van der Waals surface area contributed by atoms with Crippen molar-refractivity contribution in [1.29, 1.82) is 0 Å². The van der Waals surface area contributed by atoms with Gasteiger partial charge in [0.05, 0.1) is 19.8 Å². The average molecular weight is 1040 g/mol. The van der Waals surface area contributed by atoms with Gasteiger partial charge in [0, 0.05) is 13.0 Å². The van der Waals surface area contributed by atoms with Crippen LogP contribution in [0.25, 0.3) is 0 Å². The minimum Gasteiger partial charge on any atom is -0.457 e. The fourth-order valence-corrected chi connectivity index (χ4v) is 9.48. The fraction of sp³-hybridized carbons (Fsp3) is 0.847. The van der Waals surface area contributed by atoms with Crippen LogP contribution in [-0.2, 0) is 38.3 Å². The van der Waals surface area contributed by atoms with E-state index in [-0.39, 0.29) is 19.6 Å². The molecule has 6 unspecified atom stereocenters. The highest BCUT2D eigenvalue weighted by Gasteiger charge is 2.48. The summed E-state index contributed by atoms with van der Waals surface area (Å²) in [5.74, 6) is -0.409. The molecule has 13 heteroatoms. The molecule has 0 bridgehead atoms. The highest BCUT2D eigenvalue weighted by Crippen LogP contribution is 2.26. The van der Waals surface area contributed by atoms with Gasteiger partial charge < -0.3 is 34.3 Å². The summed E-state index contributed by atoms with van der Waals surface area (Å²) >= 11 is 0. The second-order valence-corrected chi connectivity index (χ2v) is 21.3. The second-order valence-electron chi connectivity index (χ2n) is 20.2. The first kappa shape index (κ1) is 68.1. The van der Waals surface area contributed by atoms with Crippen molar-refractivity contribution in [3.8, 4) is 0 Å². The van der Waals surface area contributed by atoms with Gasteiger partial charge in [0.15, 0.2) is 6.29 Å². The third-order valence-electron chi connectivity index (χ3n) is 13.4. The maximum Gasteiger partial charge on any atom is 0.397 e. The Bertz CT molecular complexity index is 1430. The maximum atomic E-state index is 12.9. The van der Waals surface area contributed by atoms with Crippen molar-refractivity contribution in [3.63, 3.8) is 0 Å². The van der Waals surface area contributed by atoms with Crippen LogP contribution in [0, 0.1) is 0 Å². The van der Waals surface area contributed by atoms with E-state index in [1.165, 1.54) is 161 Å². The molecule has 12 nitrogen and oxygen atoms in total. The third kappa shape index (κ3) is 42.3. The fourth-order valence-electron chi connectivity index (χ4n) is 8.97. The van der Waals surface area contributed by atoms with Gasteiger partial charge in [0.1, 0.15) is 30.5 Å². The van der Waals surface area contributed by atoms with Crippen molar-refractivity contribution < 1.29 is 56.2 Å². The molecule has 0 aromatic carbocycles. The molecule has 1 rings (SSSR count). The van der Waals surface area contributed by atoms with E-state index in [0.717, 1.165) is 70.6 Å².